The van der Waals surface area contributed by atoms with E-state index in [2.05, 4.69) is 9.47 Å². The first-order chi connectivity index (χ1) is 31.4. The maximum absolute atomic E-state index is 10.6. The van der Waals surface area contributed by atoms with E-state index in [0.29, 0.717) is 78.0 Å². The molecule has 0 aromatic rings. The van der Waals surface area contributed by atoms with Crippen molar-refractivity contribution in [1.82, 2.24) is 0 Å². The van der Waals surface area contributed by atoms with Crippen molar-refractivity contribution in [2.45, 2.75) is 195 Å². The molecule has 2 saturated heterocycles. The van der Waals surface area contributed by atoms with Gasteiger partial charge in [-0.25, -0.2) is 0 Å². The van der Waals surface area contributed by atoms with Gasteiger partial charge in [-0.2, -0.15) is 0 Å². The molecular weight excluding hydrogens is 853 g/mol. The van der Waals surface area contributed by atoms with Crippen LogP contribution < -0.4 is 45.9 Å². The van der Waals surface area contributed by atoms with E-state index in [0.717, 1.165) is 116 Å². The number of ether oxygens (including phenoxy) is 8. The standard InChI is InChI=1S/C9H21NO2.2C6H13NO2.2C6H15NO.C5H11NO.C5H13NO.C4H11NO/c1-3-11-9(12-4-2)7-5-6-8-10;1-6(2)8-4-5(3-7)9-6;1-3-9-6(8)4-5(2)7;1-6(2)8-5-3-4-7;7-5-3-1-2-4-6-8;6-4-5-2-1-3-7-5;6-4-2-1-3-5-7;1-4(5)3-6-2/h9H,3-8,10H2,1-2H3;2*5H,3-4,7H2,1-2H3;6H,3-5,7H2,1-2H3;8H,1-7H2;5H,1-4,6H2;7H,1-6H2;4H,3,5H2,1-2H3. The minimum atomic E-state index is -0.413. The number of aliphatic hydroxyl groups is 2. The van der Waals surface area contributed by atoms with Gasteiger partial charge in [0.15, 0.2) is 12.1 Å². The van der Waals surface area contributed by atoms with Crippen LogP contribution in [0.3, 0.4) is 0 Å². The number of aliphatic hydroxyl groups excluding tert-OH is 2. The van der Waals surface area contributed by atoms with Crippen LogP contribution in [0.1, 0.15) is 152 Å². The maximum Gasteiger partial charge on any atom is 0.307 e. The summed E-state index contributed by atoms with van der Waals surface area (Å²) in [6.07, 6.45) is 14.9. The number of unbranched alkanes of at least 4 members (excludes halogenated alkanes) is 6. The van der Waals surface area contributed by atoms with Crippen molar-refractivity contribution < 1.29 is 52.9 Å². The SMILES string of the molecule is CC(C)OCCCN.CC1(C)OCC(CN)O1.CCOC(=O)CC(C)N.CCOC(CCCCN)OCC.COCC(C)N.NCC1CCCO1.NCCCCCCO.NCCCCCO. The van der Waals surface area contributed by atoms with Crippen molar-refractivity contribution in [2.24, 2.45) is 45.9 Å². The van der Waals surface area contributed by atoms with Crippen LogP contribution in [0.15, 0.2) is 0 Å². The first-order valence-electron chi connectivity index (χ1n) is 24.8. The predicted molar refractivity (Wildman–Crippen MR) is 272 cm³/mol. The van der Waals surface area contributed by atoms with E-state index in [4.69, 9.17) is 84.5 Å². The molecule has 0 spiro atoms. The van der Waals surface area contributed by atoms with Gasteiger partial charge in [-0.1, -0.05) is 12.8 Å². The van der Waals surface area contributed by atoms with Crippen molar-refractivity contribution >= 4 is 5.97 Å². The van der Waals surface area contributed by atoms with Crippen LogP contribution in [0.2, 0.25) is 0 Å². The van der Waals surface area contributed by atoms with Gasteiger partial charge in [0.25, 0.3) is 0 Å². The zero-order valence-electron chi connectivity index (χ0n) is 44.2. The molecule has 0 aliphatic carbocycles. The Balaban J connectivity index is -0.000000157. The van der Waals surface area contributed by atoms with Crippen LogP contribution in [0.25, 0.3) is 0 Å². The molecule has 19 heteroatoms. The maximum atomic E-state index is 10.6. The lowest BCUT2D eigenvalue weighted by molar-refractivity contribution is -0.143. The fourth-order valence-corrected chi connectivity index (χ4v) is 4.94. The van der Waals surface area contributed by atoms with Crippen LogP contribution in [-0.2, 0) is 42.7 Å². The fourth-order valence-electron chi connectivity index (χ4n) is 4.94. The molecule has 2 rings (SSSR count). The summed E-state index contributed by atoms with van der Waals surface area (Å²) in [5.74, 6) is -0.628. The number of hydrogen-bond donors (Lipinski definition) is 10. The zero-order valence-corrected chi connectivity index (χ0v) is 44.2. The van der Waals surface area contributed by atoms with Crippen LogP contribution in [0, 0.1) is 0 Å². The Morgan fingerprint density at radius 3 is 1.48 bits per heavy atom. The number of nitrogens with two attached hydrogens (primary N) is 8. The minimum Gasteiger partial charge on any atom is -0.466 e. The normalized spacial score (nSPS) is 16.3. The molecule has 4 unspecified atom stereocenters. The van der Waals surface area contributed by atoms with Crippen molar-refractivity contribution in [3.05, 3.63) is 0 Å². The highest BCUT2D eigenvalue weighted by Crippen LogP contribution is 2.21. The largest absolute Gasteiger partial charge is 0.466 e. The predicted octanol–water partition coefficient (Wildman–Crippen LogP) is 3.37. The summed E-state index contributed by atoms with van der Waals surface area (Å²) in [7, 11) is 1.64. The van der Waals surface area contributed by atoms with E-state index in [1.54, 1.807) is 21.0 Å². The molecule has 18 N–H and O–H groups in total. The van der Waals surface area contributed by atoms with Crippen molar-refractivity contribution in [1.29, 1.82) is 0 Å². The van der Waals surface area contributed by atoms with Crippen molar-refractivity contribution in [2.75, 3.05) is 106 Å². The van der Waals surface area contributed by atoms with Gasteiger partial charge >= 0.3 is 5.97 Å². The number of carbonyl (C=O) groups excluding carboxylic acids is 1. The third-order valence-electron chi connectivity index (χ3n) is 8.21. The van der Waals surface area contributed by atoms with Crippen LogP contribution in [-0.4, -0.2) is 164 Å². The molecule has 66 heavy (non-hydrogen) atoms. The lowest BCUT2D eigenvalue weighted by Gasteiger charge is -2.16. The van der Waals surface area contributed by atoms with Gasteiger partial charge in [0.2, 0.25) is 0 Å². The Hall–Kier alpha value is -1.21. The zero-order chi connectivity index (χ0) is 51.7. The fraction of sp³-hybridized carbons (Fsp3) is 0.979. The van der Waals surface area contributed by atoms with E-state index in [9.17, 15) is 4.79 Å². The van der Waals surface area contributed by atoms with E-state index in [1.165, 1.54) is 6.42 Å². The molecule has 4 atom stereocenters. The Morgan fingerprint density at radius 1 is 0.682 bits per heavy atom. The summed E-state index contributed by atoms with van der Waals surface area (Å²) in [5, 5.41) is 16.6. The van der Waals surface area contributed by atoms with Crippen molar-refractivity contribution in [3.8, 4) is 0 Å². The summed E-state index contributed by atoms with van der Waals surface area (Å²) in [5.41, 5.74) is 42.3. The summed E-state index contributed by atoms with van der Waals surface area (Å²) in [6.45, 7) is 27.0. The van der Waals surface area contributed by atoms with Crippen LogP contribution >= 0.6 is 0 Å². The Morgan fingerprint density at radius 2 is 1.18 bits per heavy atom. The molecule has 0 radical (unpaired) electrons. The van der Waals surface area contributed by atoms with Gasteiger partial charge in [-0.15, -0.1) is 0 Å². The molecule has 0 aromatic carbocycles. The van der Waals surface area contributed by atoms with Gasteiger partial charge in [0, 0.05) is 71.9 Å². The molecule has 2 aliphatic rings. The number of methoxy groups -OCH3 is 1. The van der Waals surface area contributed by atoms with Gasteiger partial charge in [0.05, 0.1) is 44.6 Å². The van der Waals surface area contributed by atoms with Crippen LogP contribution in [0.5, 0.6) is 0 Å². The van der Waals surface area contributed by atoms with E-state index in [-0.39, 0.29) is 30.4 Å². The Kier molecular flexibility index (Phi) is 73.7. The molecule has 19 nitrogen and oxygen atoms in total. The summed E-state index contributed by atoms with van der Waals surface area (Å²) in [6, 6.07) is 0.0825. The Bertz CT molecular complexity index is 853. The average molecular weight is 965 g/mol. The van der Waals surface area contributed by atoms with Crippen LogP contribution in [0.4, 0.5) is 0 Å². The molecule has 2 aliphatic heterocycles. The molecule has 0 bridgehead atoms. The second kappa shape index (κ2) is 63.8. The topological polar surface area (TPSA) is 340 Å². The third kappa shape index (κ3) is 77.0. The minimum absolute atomic E-state index is 0.0217. The molecule has 406 valence electrons. The van der Waals surface area contributed by atoms with E-state index < -0.39 is 5.79 Å². The first kappa shape index (κ1) is 76.3. The molecule has 0 amide bonds. The number of hydrogen-bond acceptors (Lipinski definition) is 19. The lowest BCUT2D eigenvalue weighted by atomic mass is 10.2. The van der Waals surface area contributed by atoms with E-state index >= 15 is 0 Å². The highest BCUT2D eigenvalue weighted by molar-refractivity contribution is 5.69. The second-order valence-corrected chi connectivity index (χ2v) is 16.2. The molecule has 2 fully saturated rings. The summed E-state index contributed by atoms with van der Waals surface area (Å²) in [4.78, 5) is 10.6. The van der Waals surface area contributed by atoms with Gasteiger partial charge in [-0.3, -0.25) is 4.79 Å². The quantitative estimate of drug-likeness (QED) is 0.0305. The van der Waals surface area contributed by atoms with E-state index in [1.807, 2.05) is 48.5 Å². The number of esters is 1. The molecule has 0 saturated carbocycles. The summed E-state index contributed by atoms with van der Waals surface area (Å²) < 4.78 is 41.0. The highest BCUT2D eigenvalue weighted by atomic mass is 16.7. The van der Waals surface area contributed by atoms with Gasteiger partial charge in [0.1, 0.15) is 0 Å². The number of rotatable bonds is 28. The summed E-state index contributed by atoms with van der Waals surface area (Å²) >= 11 is 0. The monoisotopic (exact) mass is 965 g/mol. The first-order valence-corrected chi connectivity index (χ1v) is 24.8. The number of carbonyl (C=O) groups is 1. The smallest absolute Gasteiger partial charge is 0.307 e. The van der Waals surface area contributed by atoms with Gasteiger partial charge in [-0.05, 0) is 159 Å². The molecule has 2 heterocycles. The van der Waals surface area contributed by atoms with Gasteiger partial charge < -0.3 is 94.0 Å². The highest BCUT2D eigenvalue weighted by Gasteiger charge is 2.31. The third-order valence-corrected chi connectivity index (χ3v) is 8.21. The average Bonchev–Trinajstić information content (AvgIpc) is 3.93. The van der Waals surface area contributed by atoms with Crippen molar-refractivity contribution in [3.63, 3.8) is 0 Å². The molecular formula is C47H112N8O11. The Labute approximate surface area is 404 Å². The molecule has 0 aromatic heterocycles. The second-order valence-electron chi connectivity index (χ2n) is 16.2. The lowest BCUT2D eigenvalue weighted by Crippen LogP contribution is -2.26.